The number of aromatic nitrogens is 2. The van der Waals surface area contributed by atoms with E-state index in [1.165, 1.54) is 12.3 Å². The number of ether oxygens (including phenoxy) is 1. The van der Waals surface area contributed by atoms with Gasteiger partial charge in [-0.2, -0.15) is 26.3 Å². The Morgan fingerprint density at radius 3 is 2.53 bits per heavy atom. The molecule has 0 aliphatic carbocycles. The number of fused-ring (bicyclic) bond motifs is 2. The van der Waals surface area contributed by atoms with E-state index >= 15 is 0 Å². The fraction of sp³-hybridized carbons (Fsp3) is 0.231. The van der Waals surface area contributed by atoms with Gasteiger partial charge in [-0.25, -0.2) is 14.6 Å². The topological polar surface area (TPSA) is 140 Å². The number of nitrogens with zero attached hydrogens (tertiary/aromatic N) is 2. The molecule has 0 saturated carbocycles. The standard InChI is InChI=1S/C26H19F6N5O5S/c27-25(28,29)22(39)41-20-16-8-12(5-6-18(16)37(21(20)38)42-23(40)26(30,31)32)19-11-36-24(43-19)35-10-14(33)7-13-9-34-17-4-2-1-3-15(13)17/h1-6,8-9,11,14,20,34H,7,10,33H2,(H,35,36)/t14-,20?/m0/s1. The van der Waals surface area contributed by atoms with Crippen LogP contribution in [0.5, 0.6) is 0 Å². The van der Waals surface area contributed by atoms with Crippen molar-refractivity contribution in [2.24, 2.45) is 5.73 Å². The minimum atomic E-state index is -5.52. The lowest BCUT2D eigenvalue weighted by Crippen LogP contribution is -2.38. The molecule has 5 rings (SSSR count). The van der Waals surface area contributed by atoms with Crippen LogP contribution in [0.4, 0.5) is 37.2 Å². The van der Waals surface area contributed by atoms with E-state index in [1.807, 2.05) is 30.5 Å². The third-order valence-corrected chi connectivity index (χ3v) is 7.28. The number of carbonyl (C=O) groups is 3. The number of amides is 1. The first-order valence-corrected chi connectivity index (χ1v) is 13.1. The Hall–Kier alpha value is -4.64. The van der Waals surface area contributed by atoms with Crippen LogP contribution < -0.4 is 16.1 Å². The molecule has 0 saturated heterocycles. The zero-order valence-corrected chi connectivity index (χ0v) is 22.3. The first-order valence-electron chi connectivity index (χ1n) is 12.3. The number of para-hydroxylation sites is 1. The van der Waals surface area contributed by atoms with Crippen LogP contribution in [0.15, 0.2) is 54.9 Å². The Balaban J connectivity index is 1.33. The van der Waals surface area contributed by atoms with Gasteiger partial charge in [0.25, 0.3) is 0 Å². The van der Waals surface area contributed by atoms with E-state index in [0.29, 0.717) is 23.0 Å². The number of hydroxylamine groups is 1. The predicted octanol–water partition coefficient (Wildman–Crippen LogP) is 4.79. The second-order valence-corrected chi connectivity index (χ2v) is 10.3. The summed E-state index contributed by atoms with van der Waals surface area (Å²) >= 11 is 1.11. The van der Waals surface area contributed by atoms with Gasteiger partial charge in [0.1, 0.15) is 0 Å². The van der Waals surface area contributed by atoms with E-state index in [-0.39, 0.29) is 16.7 Å². The Bertz CT molecular complexity index is 1700. The summed E-state index contributed by atoms with van der Waals surface area (Å²) in [6.07, 6.45) is -9.52. The summed E-state index contributed by atoms with van der Waals surface area (Å²) in [5.74, 6) is -7.21. The van der Waals surface area contributed by atoms with E-state index in [4.69, 9.17) is 5.73 Å². The molecule has 1 amide bonds. The van der Waals surface area contributed by atoms with Crippen LogP contribution in [-0.2, 0) is 30.4 Å². The van der Waals surface area contributed by atoms with Gasteiger partial charge in [0.05, 0.1) is 10.6 Å². The maximum atomic E-state index is 12.9. The number of rotatable bonds is 8. The Kier molecular flexibility index (Phi) is 7.78. The van der Waals surface area contributed by atoms with Crippen LogP contribution >= 0.6 is 11.3 Å². The molecule has 0 bridgehead atoms. The number of hydrogen-bond donors (Lipinski definition) is 3. The number of anilines is 2. The number of esters is 1. The lowest BCUT2D eigenvalue weighted by atomic mass is 10.1. The van der Waals surface area contributed by atoms with Crippen molar-refractivity contribution in [1.82, 2.24) is 9.97 Å². The number of aromatic amines is 1. The van der Waals surface area contributed by atoms with Gasteiger partial charge in [0, 0.05) is 41.4 Å². The molecule has 1 aliphatic rings. The minimum absolute atomic E-state index is 0.155. The van der Waals surface area contributed by atoms with E-state index < -0.39 is 47.6 Å². The van der Waals surface area contributed by atoms with Gasteiger partial charge >= 0.3 is 30.2 Å². The summed E-state index contributed by atoms with van der Waals surface area (Å²) in [6.45, 7) is 0.333. The molecule has 2 aromatic heterocycles. The van der Waals surface area contributed by atoms with Crippen molar-refractivity contribution >= 4 is 50.9 Å². The summed E-state index contributed by atoms with van der Waals surface area (Å²) in [4.78, 5) is 47.5. The minimum Gasteiger partial charge on any atom is -0.440 e. The third-order valence-electron chi connectivity index (χ3n) is 6.28. The second kappa shape index (κ2) is 11.2. The van der Waals surface area contributed by atoms with Gasteiger partial charge in [0.2, 0.25) is 6.10 Å². The SMILES string of the molecule is N[C@H](CNc1ncc(-c2ccc3c(c2)C(OC(=O)C(F)(F)F)C(=O)N3OC(=O)C(F)(F)F)s1)Cc1c[nH]c2ccccc12. The van der Waals surface area contributed by atoms with Crippen molar-refractivity contribution in [3.05, 3.63) is 66.0 Å². The van der Waals surface area contributed by atoms with Gasteiger partial charge in [0.15, 0.2) is 5.13 Å². The molecular formula is C26H19F6N5O5S. The number of benzene rings is 2. The predicted molar refractivity (Wildman–Crippen MR) is 141 cm³/mol. The maximum Gasteiger partial charge on any atom is 0.493 e. The van der Waals surface area contributed by atoms with Gasteiger partial charge in [-0.15, -0.1) is 5.06 Å². The van der Waals surface area contributed by atoms with E-state index in [0.717, 1.165) is 39.9 Å². The highest BCUT2D eigenvalue weighted by Gasteiger charge is 2.51. The highest BCUT2D eigenvalue weighted by molar-refractivity contribution is 7.18. The normalized spacial score (nSPS) is 15.8. The zero-order valence-electron chi connectivity index (χ0n) is 21.5. The van der Waals surface area contributed by atoms with Crippen molar-refractivity contribution in [3.63, 3.8) is 0 Å². The number of alkyl halides is 6. The fourth-order valence-corrected chi connectivity index (χ4v) is 5.16. The molecular weight excluding hydrogens is 608 g/mol. The first-order chi connectivity index (χ1) is 20.2. The van der Waals surface area contributed by atoms with Gasteiger partial charge in [-0.3, -0.25) is 4.79 Å². The molecule has 2 atom stereocenters. The summed E-state index contributed by atoms with van der Waals surface area (Å²) < 4.78 is 81.1. The molecule has 1 aliphatic heterocycles. The van der Waals surface area contributed by atoms with Crippen LogP contribution in [0.3, 0.4) is 0 Å². The summed E-state index contributed by atoms with van der Waals surface area (Å²) in [7, 11) is 0. The molecule has 4 aromatic rings. The summed E-state index contributed by atoms with van der Waals surface area (Å²) in [6, 6.07) is 10.9. The van der Waals surface area contributed by atoms with Gasteiger partial charge in [-0.05, 0) is 35.7 Å². The van der Waals surface area contributed by atoms with E-state index in [2.05, 4.69) is 24.9 Å². The molecule has 4 N–H and O–H groups in total. The molecule has 17 heteroatoms. The summed E-state index contributed by atoms with van der Waals surface area (Å²) in [5.41, 5.74) is 7.64. The van der Waals surface area contributed by atoms with Crippen LogP contribution in [0.2, 0.25) is 0 Å². The van der Waals surface area contributed by atoms with Crippen molar-refractivity contribution < 1.29 is 50.3 Å². The van der Waals surface area contributed by atoms with Crippen molar-refractivity contribution in [1.29, 1.82) is 0 Å². The number of H-pyrrole nitrogens is 1. The zero-order chi connectivity index (χ0) is 31.1. The fourth-order valence-electron chi connectivity index (χ4n) is 4.34. The number of thiazole rings is 1. The highest BCUT2D eigenvalue weighted by atomic mass is 32.1. The molecule has 0 fully saturated rings. The average molecular weight is 628 g/mol. The largest absolute Gasteiger partial charge is 0.493 e. The molecule has 2 aromatic carbocycles. The number of halogens is 6. The monoisotopic (exact) mass is 627 g/mol. The van der Waals surface area contributed by atoms with E-state index in [1.54, 1.807) is 0 Å². The molecule has 43 heavy (non-hydrogen) atoms. The molecule has 0 radical (unpaired) electrons. The van der Waals surface area contributed by atoms with Crippen LogP contribution in [0.25, 0.3) is 21.3 Å². The molecule has 3 heterocycles. The quantitative estimate of drug-likeness (QED) is 0.187. The van der Waals surface area contributed by atoms with Gasteiger partial charge < -0.3 is 25.6 Å². The third kappa shape index (κ3) is 6.26. The Morgan fingerprint density at radius 1 is 1.09 bits per heavy atom. The smallest absolute Gasteiger partial charge is 0.440 e. The maximum absolute atomic E-state index is 12.9. The number of carbonyl (C=O) groups excluding carboxylic acids is 3. The molecule has 1 unspecified atom stereocenters. The van der Waals surface area contributed by atoms with E-state index in [9.17, 15) is 40.7 Å². The summed E-state index contributed by atoms with van der Waals surface area (Å²) in [5, 5.41) is 4.43. The first kappa shape index (κ1) is 29.8. The number of hydrogen-bond acceptors (Lipinski definition) is 9. The average Bonchev–Trinajstić information content (AvgIpc) is 3.64. The van der Waals surface area contributed by atoms with Crippen LogP contribution in [-0.4, -0.2) is 52.8 Å². The molecule has 226 valence electrons. The number of nitrogens with two attached hydrogens (primary N) is 1. The Morgan fingerprint density at radius 2 is 1.81 bits per heavy atom. The number of nitrogens with one attached hydrogen (secondary N) is 2. The molecule has 10 nitrogen and oxygen atoms in total. The molecule has 0 spiro atoms. The van der Waals surface area contributed by atoms with Crippen LogP contribution in [0, 0.1) is 0 Å². The van der Waals surface area contributed by atoms with Crippen molar-refractivity contribution in [3.8, 4) is 10.4 Å². The highest BCUT2D eigenvalue weighted by Crippen LogP contribution is 2.43. The van der Waals surface area contributed by atoms with Gasteiger partial charge in [-0.1, -0.05) is 35.6 Å². The lowest BCUT2D eigenvalue weighted by Gasteiger charge is -2.17. The van der Waals surface area contributed by atoms with Crippen molar-refractivity contribution in [2.45, 2.75) is 30.9 Å². The Labute approximate surface area is 241 Å². The van der Waals surface area contributed by atoms with Crippen LogP contribution in [0.1, 0.15) is 17.2 Å². The van der Waals surface area contributed by atoms with Crippen molar-refractivity contribution in [2.75, 3.05) is 16.9 Å². The lowest BCUT2D eigenvalue weighted by molar-refractivity contribution is -0.207. The second-order valence-electron chi connectivity index (χ2n) is 9.30.